The fourth-order valence-corrected chi connectivity index (χ4v) is 1.91. The van der Waals surface area contributed by atoms with E-state index in [0.717, 1.165) is 5.56 Å². The van der Waals surface area contributed by atoms with Crippen molar-refractivity contribution in [2.75, 3.05) is 5.73 Å². The van der Waals surface area contributed by atoms with Gasteiger partial charge in [-0.15, -0.1) is 0 Å². The number of anilines is 1. The number of phenols is 1. The maximum Gasteiger partial charge on any atom is 0.224 e. The van der Waals surface area contributed by atoms with Crippen LogP contribution in [0.4, 0.5) is 5.95 Å². The molecule has 3 aromatic rings. The Hall–Kier alpha value is -3.28. The lowest BCUT2D eigenvalue weighted by atomic mass is 10.2. The molecule has 1 aromatic carbocycles. The second kappa shape index (κ2) is 6.01. The SMILES string of the molecule is Nc1nc(C=Cc2ccncc2)nc(-c2ccccc2O)n1. The molecule has 0 saturated heterocycles. The van der Waals surface area contributed by atoms with E-state index >= 15 is 0 Å². The van der Waals surface area contributed by atoms with E-state index < -0.39 is 0 Å². The molecule has 0 saturated carbocycles. The van der Waals surface area contributed by atoms with Gasteiger partial charge in [-0.25, -0.2) is 4.98 Å². The number of phenolic OH excluding ortho intramolecular Hbond substituents is 1. The molecule has 2 heterocycles. The van der Waals surface area contributed by atoms with Crippen LogP contribution in [-0.2, 0) is 0 Å². The van der Waals surface area contributed by atoms with E-state index in [-0.39, 0.29) is 11.7 Å². The van der Waals surface area contributed by atoms with Crippen molar-refractivity contribution in [2.24, 2.45) is 0 Å². The molecule has 0 fully saturated rings. The fourth-order valence-electron chi connectivity index (χ4n) is 1.91. The molecule has 0 aliphatic heterocycles. The minimum atomic E-state index is 0.0946. The van der Waals surface area contributed by atoms with Crippen molar-refractivity contribution in [3.05, 3.63) is 60.2 Å². The quantitative estimate of drug-likeness (QED) is 0.769. The topological polar surface area (TPSA) is 97.8 Å². The number of hydrogen-bond acceptors (Lipinski definition) is 6. The summed E-state index contributed by atoms with van der Waals surface area (Å²) in [7, 11) is 0. The highest BCUT2D eigenvalue weighted by Crippen LogP contribution is 2.25. The average Bonchev–Trinajstić information content (AvgIpc) is 2.54. The summed E-state index contributed by atoms with van der Waals surface area (Å²) in [6.07, 6.45) is 6.99. The molecule has 0 unspecified atom stereocenters. The number of nitrogen functional groups attached to an aromatic ring is 1. The second-order valence-corrected chi connectivity index (χ2v) is 4.51. The van der Waals surface area contributed by atoms with Crippen molar-refractivity contribution in [3.63, 3.8) is 0 Å². The third-order valence-corrected chi connectivity index (χ3v) is 2.95. The molecule has 0 atom stereocenters. The van der Waals surface area contributed by atoms with Crippen LogP contribution in [0, 0.1) is 0 Å². The van der Waals surface area contributed by atoms with Crippen molar-refractivity contribution in [1.29, 1.82) is 0 Å². The zero-order valence-corrected chi connectivity index (χ0v) is 11.6. The van der Waals surface area contributed by atoms with Crippen LogP contribution in [-0.4, -0.2) is 25.0 Å². The Bertz CT molecular complexity index is 818. The van der Waals surface area contributed by atoms with Gasteiger partial charge in [0.05, 0.1) is 5.56 Å². The summed E-state index contributed by atoms with van der Waals surface area (Å²) in [6.45, 7) is 0. The zero-order chi connectivity index (χ0) is 15.4. The molecule has 0 bridgehead atoms. The summed E-state index contributed by atoms with van der Waals surface area (Å²) in [5.74, 6) is 0.947. The third kappa shape index (κ3) is 3.06. The second-order valence-electron chi connectivity index (χ2n) is 4.51. The van der Waals surface area contributed by atoms with E-state index in [2.05, 4.69) is 19.9 Å². The molecule has 6 heteroatoms. The molecular weight excluding hydrogens is 278 g/mol. The lowest BCUT2D eigenvalue weighted by Gasteiger charge is -2.04. The Kier molecular flexibility index (Phi) is 3.74. The Labute approximate surface area is 127 Å². The summed E-state index contributed by atoms with van der Waals surface area (Å²) in [6, 6.07) is 10.5. The Morgan fingerprint density at radius 2 is 1.68 bits per heavy atom. The molecule has 2 aromatic heterocycles. The van der Waals surface area contributed by atoms with E-state index in [0.29, 0.717) is 17.2 Å². The minimum absolute atomic E-state index is 0.0946. The fraction of sp³-hybridized carbons (Fsp3) is 0. The van der Waals surface area contributed by atoms with Crippen LogP contribution in [0.15, 0.2) is 48.8 Å². The van der Waals surface area contributed by atoms with Gasteiger partial charge in [0.25, 0.3) is 0 Å². The van der Waals surface area contributed by atoms with E-state index in [1.165, 1.54) is 0 Å². The van der Waals surface area contributed by atoms with Crippen LogP contribution in [0.3, 0.4) is 0 Å². The average molecular weight is 291 g/mol. The molecule has 108 valence electrons. The van der Waals surface area contributed by atoms with Crippen molar-refractivity contribution in [3.8, 4) is 17.1 Å². The standard InChI is InChI=1S/C16H13N5O/c17-16-20-14(6-5-11-7-9-18-10-8-11)19-15(21-16)12-3-1-2-4-13(12)22/h1-10,22H,(H2,17,19,20,21). The van der Waals surface area contributed by atoms with Gasteiger partial charge in [-0.1, -0.05) is 18.2 Å². The van der Waals surface area contributed by atoms with Gasteiger partial charge in [-0.05, 0) is 35.9 Å². The smallest absolute Gasteiger partial charge is 0.224 e. The van der Waals surface area contributed by atoms with Crippen LogP contribution in [0.5, 0.6) is 5.75 Å². The summed E-state index contributed by atoms with van der Waals surface area (Å²) in [5.41, 5.74) is 7.21. The predicted molar refractivity (Wildman–Crippen MR) is 84.5 cm³/mol. The number of benzene rings is 1. The van der Waals surface area contributed by atoms with Gasteiger partial charge in [0, 0.05) is 12.4 Å². The van der Waals surface area contributed by atoms with Gasteiger partial charge in [-0.2, -0.15) is 9.97 Å². The highest BCUT2D eigenvalue weighted by atomic mass is 16.3. The molecule has 0 amide bonds. The molecule has 3 rings (SSSR count). The van der Waals surface area contributed by atoms with Gasteiger partial charge in [0.1, 0.15) is 5.75 Å². The van der Waals surface area contributed by atoms with Gasteiger partial charge in [0.2, 0.25) is 5.95 Å². The molecule has 0 spiro atoms. The molecule has 6 nitrogen and oxygen atoms in total. The number of nitrogens with two attached hydrogens (primary N) is 1. The first-order valence-corrected chi connectivity index (χ1v) is 6.60. The largest absolute Gasteiger partial charge is 0.507 e. The van der Waals surface area contributed by atoms with E-state index in [4.69, 9.17) is 5.73 Å². The lowest BCUT2D eigenvalue weighted by molar-refractivity contribution is 0.477. The number of para-hydroxylation sites is 1. The first-order valence-electron chi connectivity index (χ1n) is 6.60. The van der Waals surface area contributed by atoms with Crippen molar-refractivity contribution < 1.29 is 5.11 Å². The first-order chi connectivity index (χ1) is 10.7. The summed E-state index contributed by atoms with van der Waals surface area (Å²) in [4.78, 5) is 16.4. The van der Waals surface area contributed by atoms with Gasteiger partial charge < -0.3 is 10.8 Å². The van der Waals surface area contributed by atoms with E-state index in [9.17, 15) is 5.11 Å². The summed E-state index contributed by atoms with van der Waals surface area (Å²) >= 11 is 0. The van der Waals surface area contributed by atoms with Crippen molar-refractivity contribution in [1.82, 2.24) is 19.9 Å². The first kappa shape index (κ1) is 13.7. The zero-order valence-electron chi connectivity index (χ0n) is 11.6. The molecule has 0 radical (unpaired) electrons. The maximum absolute atomic E-state index is 9.89. The Balaban J connectivity index is 1.97. The molecule has 22 heavy (non-hydrogen) atoms. The Morgan fingerprint density at radius 3 is 2.45 bits per heavy atom. The van der Waals surface area contributed by atoms with Crippen LogP contribution in [0.1, 0.15) is 11.4 Å². The van der Waals surface area contributed by atoms with E-state index in [1.54, 1.807) is 42.7 Å². The van der Waals surface area contributed by atoms with E-state index in [1.807, 2.05) is 18.2 Å². The van der Waals surface area contributed by atoms with Gasteiger partial charge >= 0.3 is 0 Å². The summed E-state index contributed by atoms with van der Waals surface area (Å²) in [5, 5.41) is 9.89. The number of rotatable bonds is 3. The molecule has 3 N–H and O–H groups in total. The maximum atomic E-state index is 9.89. The molecular formula is C16H13N5O. The lowest BCUT2D eigenvalue weighted by Crippen LogP contribution is -2.02. The molecule has 0 aliphatic carbocycles. The van der Waals surface area contributed by atoms with Crippen LogP contribution < -0.4 is 5.73 Å². The van der Waals surface area contributed by atoms with Crippen molar-refractivity contribution >= 4 is 18.1 Å². The number of hydrogen-bond donors (Lipinski definition) is 2. The summed E-state index contributed by atoms with van der Waals surface area (Å²) < 4.78 is 0. The van der Waals surface area contributed by atoms with Crippen molar-refractivity contribution in [2.45, 2.75) is 0 Å². The van der Waals surface area contributed by atoms with Gasteiger partial charge in [-0.3, -0.25) is 4.98 Å². The van der Waals surface area contributed by atoms with Gasteiger partial charge in [0.15, 0.2) is 11.6 Å². The predicted octanol–water partition coefficient (Wildman–Crippen LogP) is 2.39. The Morgan fingerprint density at radius 1 is 0.909 bits per heavy atom. The van der Waals surface area contributed by atoms with Crippen LogP contribution >= 0.6 is 0 Å². The number of aromatic hydroxyl groups is 1. The third-order valence-electron chi connectivity index (χ3n) is 2.95. The number of aromatic nitrogens is 4. The highest BCUT2D eigenvalue weighted by Gasteiger charge is 2.09. The number of nitrogens with zero attached hydrogens (tertiary/aromatic N) is 4. The number of pyridine rings is 1. The normalized spacial score (nSPS) is 10.9. The monoisotopic (exact) mass is 291 g/mol. The molecule has 0 aliphatic rings. The minimum Gasteiger partial charge on any atom is -0.507 e. The van der Waals surface area contributed by atoms with Crippen LogP contribution in [0.25, 0.3) is 23.5 Å². The highest BCUT2D eigenvalue weighted by molar-refractivity contribution is 5.69. The van der Waals surface area contributed by atoms with Crippen LogP contribution in [0.2, 0.25) is 0 Å².